The molecular formula is C16H28N2O3. The fourth-order valence-corrected chi connectivity index (χ4v) is 3.56. The molecule has 21 heavy (non-hydrogen) atoms. The highest BCUT2D eigenvalue weighted by atomic mass is 16.5. The lowest BCUT2D eigenvalue weighted by atomic mass is 10.0. The molecule has 0 aromatic rings. The van der Waals surface area contributed by atoms with Crippen LogP contribution in [0.2, 0.25) is 0 Å². The molecule has 0 radical (unpaired) electrons. The zero-order valence-electron chi connectivity index (χ0n) is 13.1. The Hall–Kier alpha value is -1.26. The van der Waals surface area contributed by atoms with Gasteiger partial charge in [-0.2, -0.15) is 0 Å². The first-order valence-electron chi connectivity index (χ1n) is 8.34. The Labute approximate surface area is 127 Å². The van der Waals surface area contributed by atoms with Crippen molar-refractivity contribution in [3.05, 3.63) is 0 Å². The third-order valence-corrected chi connectivity index (χ3v) is 4.78. The molecule has 2 rings (SSSR count). The van der Waals surface area contributed by atoms with Crippen LogP contribution in [0.4, 0.5) is 4.79 Å². The molecule has 2 amide bonds. The van der Waals surface area contributed by atoms with Crippen molar-refractivity contribution in [2.75, 3.05) is 20.2 Å². The van der Waals surface area contributed by atoms with Crippen LogP contribution >= 0.6 is 0 Å². The van der Waals surface area contributed by atoms with E-state index in [1.807, 2.05) is 0 Å². The van der Waals surface area contributed by atoms with Crippen LogP contribution in [0.1, 0.15) is 57.8 Å². The van der Waals surface area contributed by atoms with E-state index in [0.717, 1.165) is 38.1 Å². The van der Waals surface area contributed by atoms with Crippen LogP contribution < -0.4 is 5.32 Å². The highest BCUT2D eigenvalue weighted by Gasteiger charge is 2.32. The van der Waals surface area contributed by atoms with Crippen LogP contribution in [-0.4, -0.2) is 43.1 Å². The smallest absolute Gasteiger partial charge is 0.410 e. The van der Waals surface area contributed by atoms with Crippen LogP contribution in [0.25, 0.3) is 0 Å². The molecule has 1 heterocycles. The molecule has 120 valence electrons. The molecule has 2 fully saturated rings. The summed E-state index contributed by atoms with van der Waals surface area (Å²) in [7, 11) is 1.37. The second kappa shape index (κ2) is 8.25. The lowest BCUT2D eigenvalue weighted by Crippen LogP contribution is -2.52. The summed E-state index contributed by atoms with van der Waals surface area (Å²) < 4.78 is 4.77. The Balaban J connectivity index is 1.71. The molecule has 0 unspecified atom stereocenters. The maximum atomic E-state index is 12.3. The third-order valence-electron chi connectivity index (χ3n) is 4.78. The first kappa shape index (κ1) is 16.1. The minimum Gasteiger partial charge on any atom is -0.453 e. The van der Waals surface area contributed by atoms with E-state index >= 15 is 0 Å². The van der Waals surface area contributed by atoms with Gasteiger partial charge in [0.15, 0.2) is 0 Å². The van der Waals surface area contributed by atoms with Gasteiger partial charge in [-0.15, -0.1) is 0 Å². The lowest BCUT2D eigenvalue weighted by molar-refractivity contribution is -0.127. The van der Waals surface area contributed by atoms with Gasteiger partial charge in [0.1, 0.15) is 6.04 Å². The average Bonchev–Trinajstić information content (AvgIpc) is 3.04. The van der Waals surface area contributed by atoms with E-state index in [-0.39, 0.29) is 18.0 Å². The predicted octanol–water partition coefficient (Wildman–Crippen LogP) is 2.69. The molecule has 1 saturated heterocycles. The Morgan fingerprint density at radius 1 is 1.14 bits per heavy atom. The molecule has 1 atom stereocenters. The van der Waals surface area contributed by atoms with Crippen molar-refractivity contribution in [3.63, 3.8) is 0 Å². The summed E-state index contributed by atoms with van der Waals surface area (Å²) >= 11 is 0. The van der Waals surface area contributed by atoms with Gasteiger partial charge in [-0.05, 0) is 38.0 Å². The van der Waals surface area contributed by atoms with Crippen LogP contribution in [0.3, 0.4) is 0 Å². The summed E-state index contributed by atoms with van der Waals surface area (Å²) in [6.45, 7) is 1.34. The number of carbonyl (C=O) groups excluding carboxylic acids is 2. The van der Waals surface area contributed by atoms with Crippen LogP contribution in [0, 0.1) is 5.92 Å². The molecule has 1 saturated carbocycles. The number of nitrogens with zero attached hydrogens (tertiary/aromatic N) is 1. The summed E-state index contributed by atoms with van der Waals surface area (Å²) in [6.07, 6.45) is 9.99. The maximum absolute atomic E-state index is 12.3. The van der Waals surface area contributed by atoms with Gasteiger partial charge < -0.3 is 10.1 Å². The van der Waals surface area contributed by atoms with Gasteiger partial charge in [0.25, 0.3) is 0 Å². The Morgan fingerprint density at radius 2 is 1.86 bits per heavy atom. The van der Waals surface area contributed by atoms with Crippen molar-refractivity contribution < 1.29 is 14.3 Å². The van der Waals surface area contributed by atoms with Crippen molar-refractivity contribution in [2.24, 2.45) is 5.92 Å². The molecule has 0 aromatic heterocycles. The summed E-state index contributed by atoms with van der Waals surface area (Å²) in [4.78, 5) is 25.5. The Bertz CT molecular complexity index is 353. The van der Waals surface area contributed by atoms with Crippen LogP contribution in [0.15, 0.2) is 0 Å². The summed E-state index contributed by atoms with van der Waals surface area (Å²) in [5.41, 5.74) is 0. The van der Waals surface area contributed by atoms with Gasteiger partial charge in [0.2, 0.25) is 5.91 Å². The van der Waals surface area contributed by atoms with E-state index in [4.69, 9.17) is 4.74 Å². The van der Waals surface area contributed by atoms with E-state index in [1.165, 1.54) is 39.2 Å². The van der Waals surface area contributed by atoms with Gasteiger partial charge in [0, 0.05) is 13.1 Å². The van der Waals surface area contributed by atoms with Crippen molar-refractivity contribution >= 4 is 12.0 Å². The van der Waals surface area contributed by atoms with E-state index in [0.29, 0.717) is 6.54 Å². The number of nitrogens with one attached hydrogen (secondary N) is 1. The van der Waals surface area contributed by atoms with Gasteiger partial charge in [0.05, 0.1) is 7.11 Å². The highest BCUT2D eigenvalue weighted by molar-refractivity contribution is 5.85. The van der Waals surface area contributed by atoms with Gasteiger partial charge >= 0.3 is 6.09 Å². The zero-order chi connectivity index (χ0) is 15.1. The fourth-order valence-electron chi connectivity index (χ4n) is 3.56. The first-order chi connectivity index (χ1) is 10.2. The number of ether oxygens (including phenoxy) is 1. The normalized spacial score (nSPS) is 23.1. The van der Waals surface area contributed by atoms with E-state index < -0.39 is 0 Å². The van der Waals surface area contributed by atoms with E-state index in [1.54, 1.807) is 4.90 Å². The monoisotopic (exact) mass is 296 g/mol. The second-order valence-corrected chi connectivity index (χ2v) is 6.26. The van der Waals surface area contributed by atoms with Crippen molar-refractivity contribution in [3.8, 4) is 0 Å². The SMILES string of the molecule is COC(=O)N1CCCC[C@@H]1C(=O)NCCCC1CCCC1. The minimum atomic E-state index is -0.388. The van der Waals surface area contributed by atoms with E-state index in [9.17, 15) is 9.59 Å². The maximum Gasteiger partial charge on any atom is 0.410 e. The molecular weight excluding hydrogens is 268 g/mol. The van der Waals surface area contributed by atoms with Crippen molar-refractivity contribution in [2.45, 2.75) is 63.8 Å². The zero-order valence-corrected chi connectivity index (χ0v) is 13.1. The molecule has 5 nitrogen and oxygen atoms in total. The third kappa shape index (κ3) is 4.61. The van der Waals surface area contributed by atoms with Crippen molar-refractivity contribution in [1.82, 2.24) is 10.2 Å². The first-order valence-corrected chi connectivity index (χ1v) is 8.34. The lowest BCUT2D eigenvalue weighted by Gasteiger charge is -2.33. The number of carbonyl (C=O) groups is 2. The number of methoxy groups -OCH3 is 1. The molecule has 1 aliphatic carbocycles. The fraction of sp³-hybridized carbons (Fsp3) is 0.875. The summed E-state index contributed by atoms with van der Waals surface area (Å²) in [6, 6.07) is -0.349. The summed E-state index contributed by atoms with van der Waals surface area (Å²) in [5, 5.41) is 3.00. The molecule has 2 aliphatic rings. The van der Waals surface area contributed by atoms with Gasteiger partial charge in [-0.3, -0.25) is 9.69 Å². The van der Waals surface area contributed by atoms with Crippen molar-refractivity contribution in [1.29, 1.82) is 0 Å². The largest absolute Gasteiger partial charge is 0.453 e. The number of rotatable bonds is 5. The number of piperidine rings is 1. The number of amides is 2. The Morgan fingerprint density at radius 3 is 2.57 bits per heavy atom. The molecule has 1 N–H and O–H groups in total. The minimum absolute atomic E-state index is 0.0217. The van der Waals surface area contributed by atoms with Gasteiger partial charge in [-0.25, -0.2) is 4.79 Å². The standard InChI is InChI=1S/C16H28N2O3/c1-21-16(20)18-12-5-4-10-14(18)15(19)17-11-6-9-13-7-2-3-8-13/h13-14H,2-12H2,1H3,(H,17,19)/t14-/m1/s1. The average molecular weight is 296 g/mol. The van der Waals surface area contributed by atoms with E-state index in [2.05, 4.69) is 5.32 Å². The topological polar surface area (TPSA) is 58.6 Å². The van der Waals surface area contributed by atoms with Crippen LogP contribution in [-0.2, 0) is 9.53 Å². The van der Waals surface area contributed by atoms with Crippen LogP contribution in [0.5, 0.6) is 0 Å². The Kier molecular flexibility index (Phi) is 6.33. The molecule has 0 aromatic carbocycles. The summed E-state index contributed by atoms with van der Waals surface area (Å²) in [5.74, 6) is 0.842. The number of hydrogen-bond donors (Lipinski definition) is 1. The number of likely N-dealkylation sites (tertiary alicyclic amines) is 1. The number of hydrogen-bond acceptors (Lipinski definition) is 3. The molecule has 5 heteroatoms. The highest BCUT2D eigenvalue weighted by Crippen LogP contribution is 2.28. The van der Waals surface area contributed by atoms with Gasteiger partial charge in [-0.1, -0.05) is 25.7 Å². The predicted molar refractivity (Wildman–Crippen MR) is 81.0 cm³/mol. The molecule has 0 spiro atoms. The molecule has 0 bridgehead atoms. The molecule has 1 aliphatic heterocycles. The quantitative estimate of drug-likeness (QED) is 0.794. The second-order valence-electron chi connectivity index (χ2n) is 6.26.